The molecule has 0 aliphatic carbocycles. The van der Waals surface area contributed by atoms with E-state index in [1.165, 1.54) is 6.07 Å². The lowest BCUT2D eigenvalue weighted by molar-refractivity contribution is 0.192. The number of nitrogens with two attached hydrogens (primary N) is 1. The molecule has 2 rings (SSSR count). The summed E-state index contributed by atoms with van der Waals surface area (Å²) >= 11 is 5.66. The maximum Gasteiger partial charge on any atom is 0.143 e. The quantitative estimate of drug-likeness (QED) is 0.388. The average Bonchev–Trinajstić information content (AvgIpc) is 2.42. The summed E-state index contributed by atoms with van der Waals surface area (Å²) < 4.78 is 13.4. The minimum Gasteiger partial charge on any atom is -0.409 e. The smallest absolute Gasteiger partial charge is 0.143 e. The van der Waals surface area contributed by atoms with Gasteiger partial charge in [0.1, 0.15) is 11.7 Å². The Balaban J connectivity index is 2.00. The topological polar surface area (TPSA) is 61.9 Å². The van der Waals surface area contributed by atoms with Crippen LogP contribution in [0.15, 0.2) is 23.4 Å². The second kappa shape index (κ2) is 6.21. The van der Waals surface area contributed by atoms with Crippen LogP contribution in [-0.4, -0.2) is 29.0 Å². The summed E-state index contributed by atoms with van der Waals surface area (Å²) in [6.07, 6.45) is 1.90. The fraction of sp³-hybridized carbons (Fsp3) is 0.462. The van der Waals surface area contributed by atoms with Crippen molar-refractivity contribution in [1.82, 2.24) is 4.90 Å². The number of hydrogen-bond donors (Lipinski definition) is 2. The maximum atomic E-state index is 13.4. The molecule has 1 unspecified atom stereocenters. The molecule has 1 aliphatic rings. The Morgan fingerprint density at radius 2 is 2.37 bits per heavy atom. The fourth-order valence-electron chi connectivity index (χ4n) is 2.42. The SMILES string of the molecule is N/C(=N/O)C1CCCN(Cc2ccc(Cl)c(F)c2)C1. The highest BCUT2D eigenvalue weighted by Crippen LogP contribution is 2.21. The Kier molecular flexibility index (Phi) is 4.61. The second-order valence-corrected chi connectivity index (χ2v) is 5.25. The zero-order valence-corrected chi connectivity index (χ0v) is 11.3. The number of oxime groups is 1. The van der Waals surface area contributed by atoms with E-state index >= 15 is 0 Å². The first-order chi connectivity index (χ1) is 9.10. The molecule has 1 aromatic carbocycles. The number of benzene rings is 1. The van der Waals surface area contributed by atoms with E-state index in [4.69, 9.17) is 22.5 Å². The van der Waals surface area contributed by atoms with E-state index in [2.05, 4.69) is 10.1 Å². The van der Waals surface area contributed by atoms with E-state index in [1.807, 2.05) is 6.07 Å². The summed E-state index contributed by atoms with van der Waals surface area (Å²) in [7, 11) is 0. The molecule has 1 saturated heterocycles. The molecule has 0 radical (unpaired) electrons. The molecule has 4 nitrogen and oxygen atoms in total. The Bertz CT molecular complexity index is 481. The van der Waals surface area contributed by atoms with Crippen LogP contribution in [0.3, 0.4) is 0 Å². The number of piperidine rings is 1. The van der Waals surface area contributed by atoms with E-state index in [-0.39, 0.29) is 16.8 Å². The van der Waals surface area contributed by atoms with Gasteiger partial charge in [-0.2, -0.15) is 0 Å². The minimum absolute atomic E-state index is 0.0656. The number of halogens is 2. The van der Waals surface area contributed by atoms with Crippen molar-refractivity contribution in [2.45, 2.75) is 19.4 Å². The van der Waals surface area contributed by atoms with Gasteiger partial charge in [-0.25, -0.2) is 4.39 Å². The minimum atomic E-state index is -0.399. The second-order valence-electron chi connectivity index (χ2n) is 4.85. The molecule has 0 bridgehead atoms. The summed E-state index contributed by atoms with van der Waals surface area (Å²) in [5.74, 6) is -0.0629. The van der Waals surface area contributed by atoms with Crippen LogP contribution in [0.2, 0.25) is 5.02 Å². The van der Waals surface area contributed by atoms with Gasteiger partial charge in [-0.1, -0.05) is 22.8 Å². The number of nitrogens with zero attached hydrogens (tertiary/aromatic N) is 2. The van der Waals surface area contributed by atoms with Gasteiger partial charge in [-0.15, -0.1) is 0 Å². The van der Waals surface area contributed by atoms with Crippen molar-refractivity contribution in [3.8, 4) is 0 Å². The van der Waals surface area contributed by atoms with Crippen LogP contribution >= 0.6 is 11.6 Å². The predicted octanol–water partition coefficient (Wildman–Crippen LogP) is 2.44. The van der Waals surface area contributed by atoms with Gasteiger partial charge in [-0.05, 0) is 37.1 Å². The molecule has 1 aliphatic heterocycles. The molecule has 0 spiro atoms. The van der Waals surface area contributed by atoms with Crippen LogP contribution in [0.25, 0.3) is 0 Å². The third-order valence-corrected chi connectivity index (χ3v) is 3.74. The van der Waals surface area contributed by atoms with Gasteiger partial charge in [0.15, 0.2) is 0 Å². The lowest BCUT2D eigenvalue weighted by Crippen LogP contribution is -2.40. The molecule has 1 aromatic rings. The molecule has 3 N–H and O–H groups in total. The number of likely N-dealkylation sites (tertiary alicyclic amines) is 1. The monoisotopic (exact) mass is 285 g/mol. The van der Waals surface area contributed by atoms with E-state index < -0.39 is 5.82 Å². The molecule has 0 aromatic heterocycles. The van der Waals surface area contributed by atoms with Crippen molar-refractivity contribution in [2.75, 3.05) is 13.1 Å². The standard InChI is InChI=1S/C13H17ClFN3O/c14-11-4-3-9(6-12(11)15)7-18-5-1-2-10(8-18)13(16)17-19/h3-4,6,10,19H,1-2,5,7-8H2,(H2,16,17). The molecule has 1 fully saturated rings. The third kappa shape index (κ3) is 3.58. The summed E-state index contributed by atoms with van der Waals surface area (Å²) in [6, 6.07) is 4.84. The van der Waals surface area contributed by atoms with Crippen LogP contribution in [0.5, 0.6) is 0 Å². The van der Waals surface area contributed by atoms with Crippen LogP contribution < -0.4 is 5.73 Å². The third-order valence-electron chi connectivity index (χ3n) is 3.43. The first kappa shape index (κ1) is 14.1. The molecule has 6 heteroatoms. The Labute approximate surface area is 116 Å². The lowest BCUT2D eigenvalue weighted by atomic mass is 9.96. The zero-order valence-electron chi connectivity index (χ0n) is 10.5. The van der Waals surface area contributed by atoms with Gasteiger partial charge < -0.3 is 10.9 Å². The molecule has 0 saturated carbocycles. The summed E-state index contributed by atoms with van der Waals surface area (Å²) in [6.45, 7) is 2.29. The van der Waals surface area contributed by atoms with Crippen LogP contribution in [0, 0.1) is 11.7 Å². The summed E-state index contributed by atoms with van der Waals surface area (Å²) in [5.41, 5.74) is 6.52. The Morgan fingerprint density at radius 1 is 1.58 bits per heavy atom. The van der Waals surface area contributed by atoms with Crippen molar-refractivity contribution in [2.24, 2.45) is 16.8 Å². The number of amidine groups is 1. The highest BCUT2D eigenvalue weighted by atomic mass is 35.5. The largest absolute Gasteiger partial charge is 0.409 e. The van der Waals surface area contributed by atoms with E-state index in [0.29, 0.717) is 6.54 Å². The van der Waals surface area contributed by atoms with Gasteiger partial charge in [0.25, 0.3) is 0 Å². The predicted molar refractivity (Wildman–Crippen MR) is 72.8 cm³/mol. The summed E-state index contributed by atoms with van der Waals surface area (Å²) in [5, 5.41) is 11.9. The molecule has 104 valence electrons. The van der Waals surface area contributed by atoms with Crippen LogP contribution in [0.1, 0.15) is 18.4 Å². The van der Waals surface area contributed by atoms with Crippen molar-refractivity contribution < 1.29 is 9.60 Å². The van der Waals surface area contributed by atoms with E-state index in [1.54, 1.807) is 6.07 Å². The molecular formula is C13H17ClFN3O. The normalized spacial score (nSPS) is 21.6. The molecule has 0 amide bonds. The van der Waals surface area contributed by atoms with Gasteiger partial charge in [-0.3, -0.25) is 4.90 Å². The summed E-state index contributed by atoms with van der Waals surface area (Å²) in [4.78, 5) is 2.18. The number of hydrogen-bond acceptors (Lipinski definition) is 3. The van der Waals surface area contributed by atoms with Crippen LogP contribution in [-0.2, 0) is 6.54 Å². The maximum absolute atomic E-state index is 13.4. The lowest BCUT2D eigenvalue weighted by Gasteiger charge is -2.32. The molecule has 19 heavy (non-hydrogen) atoms. The van der Waals surface area contributed by atoms with Gasteiger partial charge in [0.05, 0.1) is 5.02 Å². The van der Waals surface area contributed by atoms with Crippen molar-refractivity contribution >= 4 is 17.4 Å². The first-order valence-electron chi connectivity index (χ1n) is 6.24. The van der Waals surface area contributed by atoms with Crippen molar-refractivity contribution in [3.05, 3.63) is 34.6 Å². The molecule has 1 heterocycles. The van der Waals surface area contributed by atoms with Gasteiger partial charge in [0, 0.05) is 19.0 Å². The fourth-order valence-corrected chi connectivity index (χ4v) is 2.54. The van der Waals surface area contributed by atoms with Gasteiger partial charge >= 0.3 is 0 Å². The first-order valence-corrected chi connectivity index (χ1v) is 6.61. The molecule has 1 atom stereocenters. The Hall–Kier alpha value is -1.33. The van der Waals surface area contributed by atoms with Crippen LogP contribution in [0.4, 0.5) is 4.39 Å². The van der Waals surface area contributed by atoms with Crippen molar-refractivity contribution in [3.63, 3.8) is 0 Å². The van der Waals surface area contributed by atoms with E-state index in [9.17, 15) is 4.39 Å². The number of rotatable bonds is 3. The average molecular weight is 286 g/mol. The van der Waals surface area contributed by atoms with Gasteiger partial charge in [0.2, 0.25) is 0 Å². The zero-order chi connectivity index (χ0) is 13.8. The van der Waals surface area contributed by atoms with Crippen molar-refractivity contribution in [1.29, 1.82) is 0 Å². The Morgan fingerprint density at radius 3 is 3.05 bits per heavy atom. The highest BCUT2D eigenvalue weighted by molar-refractivity contribution is 6.30. The van der Waals surface area contributed by atoms with E-state index in [0.717, 1.165) is 31.5 Å². The molecular weight excluding hydrogens is 269 g/mol. The highest BCUT2D eigenvalue weighted by Gasteiger charge is 2.23.